The Morgan fingerprint density at radius 2 is 2.00 bits per heavy atom. The summed E-state index contributed by atoms with van der Waals surface area (Å²) in [5.41, 5.74) is 0.907. The van der Waals surface area contributed by atoms with Crippen molar-refractivity contribution in [3.8, 4) is 5.75 Å². The first-order valence-corrected chi connectivity index (χ1v) is 10.9. The summed E-state index contributed by atoms with van der Waals surface area (Å²) in [6.45, 7) is 3.82. The quantitative estimate of drug-likeness (QED) is 0.541. The fraction of sp³-hybridized carbons (Fsp3) is 0.348. The number of nitrogens with one attached hydrogen (secondary N) is 1. The van der Waals surface area contributed by atoms with Gasteiger partial charge in [0.25, 0.3) is 5.91 Å². The molecular formula is C23H24ClFN4O3. The highest BCUT2D eigenvalue weighted by Gasteiger charge is 2.28. The first kappa shape index (κ1) is 22.2. The van der Waals surface area contributed by atoms with Gasteiger partial charge >= 0.3 is 0 Å². The standard InChI is InChI=1S/C23H24ClFN4O3/c1-15-27-21(28-32-15)14-31-17-9-7-16(8-10-17)23(30)26-13-20(29-11-2-3-12-29)22-18(24)5-4-6-19(22)25/h4-10,20H,2-3,11-14H2,1H3,(H,26,30). The summed E-state index contributed by atoms with van der Waals surface area (Å²) in [5.74, 6) is 0.893. The number of benzene rings is 2. The number of rotatable bonds is 8. The minimum Gasteiger partial charge on any atom is -0.485 e. The summed E-state index contributed by atoms with van der Waals surface area (Å²) in [4.78, 5) is 19.0. The van der Waals surface area contributed by atoms with Crippen LogP contribution in [0.25, 0.3) is 0 Å². The van der Waals surface area contributed by atoms with E-state index in [9.17, 15) is 9.18 Å². The number of hydrogen-bond acceptors (Lipinski definition) is 6. The van der Waals surface area contributed by atoms with Crippen molar-refractivity contribution in [2.45, 2.75) is 32.4 Å². The first-order chi connectivity index (χ1) is 15.5. The van der Waals surface area contributed by atoms with Gasteiger partial charge in [0.1, 0.15) is 11.6 Å². The van der Waals surface area contributed by atoms with Crippen molar-refractivity contribution in [2.75, 3.05) is 19.6 Å². The van der Waals surface area contributed by atoms with Crippen LogP contribution in [-0.2, 0) is 6.61 Å². The molecule has 9 heteroatoms. The predicted molar refractivity (Wildman–Crippen MR) is 117 cm³/mol. The zero-order valence-corrected chi connectivity index (χ0v) is 18.4. The molecule has 3 aromatic rings. The molecule has 1 aliphatic rings. The maximum Gasteiger partial charge on any atom is 0.251 e. The van der Waals surface area contributed by atoms with E-state index in [0.29, 0.717) is 33.6 Å². The van der Waals surface area contributed by atoms with E-state index in [4.69, 9.17) is 20.9 Å². The van der Waals surface area contributed by atoms with Crippen LogP contribution in [0.5, 0.6) is 5.75 Å². The normalized spacial score (nSPS) is 15.0. The fourth-order valence-corrected chi connectivity index (χ4v) is 4.13. The Hall–Kier alpha value is -2.97. The molecule has 1 N–H and O–H groups in total. The number of likely N-dealkylation sites (tertiary alicyclic amines) is 1. The third-order valence-corrected chi connectivity index (χ3v) is 5.75. The molecule has 2 heterocycles. The molecule has 1 saturated heterocycles. The van der Waals surface area contributed by atoms with Crippen molar-refractivity contribution in [2.24, 2.45) is 0 Å². The number of ether oxygens (including phenoxy) is 1. The predicted octanol–water partition coefficient (Wildman–Crippen LogP) is 4.32. The molecule has 7 nitrogen and oxygen atoms in total. The number of aromatic nitrogens is 2. The molecule has 0 radical (unpaired) electrons. The van der Waals surface area contributed by atoms with Gasteiger partial charge in [-0.25, -0.2) is 4.39 Å². The largest absolute Gasteiger partial charge is 0.485 e. The Labute approximate surface area is 190 Å². The average molecular weight is 459 g/mol. The molecule has 0 bridgehead atoms. The molecular weight excluding hydrogens is 435 g/mol. The number of amides is 1. The number of halogens is 2. The van der Waals surface area contributed by atoms with Gasteiger partial charge < -0.3 is 14.6 Å². The second kappa shape index (κ2) is 10.1. The Bertz CT molecular complexity index is 1050. The molecule has 32 heavy (non-hydrogen) atoms. The number of carbonyl (C=O) groups is 1. The lowest BCUT2D eigenvalue weighted by Crippen LogP contribution is -2.37. The van der Waals surface area contributed by atoms with Crippen molar-refractivity contribution >= 4 is 17.5 Å². The van der Waals surface area contributed by atoms with Crippen LogP contribution in [0.15, 0.2) is 47.0 Å². The van der Waals surface area contributed by atoms with Gasteiger partial charge in [-0.05, 0) is 62.3 Å². The first-order valence-electron chi connectivity index (χ1n) is 10.5. The minimum absolute atomic E-state index is 0.170. The van der Waals surface area contributed by atoms with E-state index in [1.807, 2.05) is 0 Å². The van der Waals surface area contributed by atoms with Crippen LogP contribution in [-0.4, -0.2) is 40.6 Å². The molecule has 0 spiro atoms. The van der Waals surface area contributed by atoms with Crippen LogP contribution in [0, 0.1) is 12.7 Å². The van der Waals surface area contributed by atoms with E-state index in [1.165, 1.54) is 6.07 Å². The summed E-state index contributed by atoms with van der Waals surface area (Å²) in [7, 11) is 0. The van der Waals surface area contributed by atoms with E-state index in [1.54, 1.807) is 43.3 Å². The lowest BCUT2D eigenvalue weighted by atomic mass is 10.0. The van der Waals surface area contributed by atoms with Gasteiger partial charge in [-0.1, -0.05) is 22.8 Å². The second-order valence-corrected chi connectivity index (χ2v) is 8.05. The van der Waals surface area contributed by atoms with Gasteiger partial charge in [0.2, 0.25) is 11.7 Å². The van der Waals surface area contributed by atoms with Crippen LogP contribution >= 0.6 is 11.6 Å². The maximum atomic E-state index is 14.6. The van der Waals surface area contributed by atoms with Gasteiger partial charge in [-0.2, -0.15) is 4.98 Å². The Kier molecular flexibility index (Phi) is 7.02. The Morgan fingerprint density at radius 1 is 1.25 bits per heavy atom. The summed E-state index contributed by atoms with van der Waals surface area (Å²) in [6.07, 6.45) is 2.09. The molecule has 1 aromatic heterocycles. The number of aryl methyl sites for hydroxylation is 1. The molecule has 2 aromatic carbocycles. The maximum absolute atomic E-state index is 14.6. The highest BCUT2D eigenvalue weighted by Crippen LogP contribution is 2.32. The monoisotopic (exact) mass is 458 g/mol. The van der Waals surface area contributed by atoms with E-state index in [-0.39, 0.29) is 30.9 Å². The molecule has 0 aliphatic carbocycles. The molecule has 1 unspecified atom stereocenters. The van der Waals surface area contributed by atoms with Crippen LogP contribution in [0.1, 0.15) is 46.5 Å². The van der Waals surface area contributed by atoms with E-state index in [2.05, 4.69) is 20.4 Å². The van der Waals surface area contributed by atoms with Crippen molar-refractivity contribution in [3.63, 3.8) is 0 Å². The zero-order valence-electron chi connectivity index (χ0n) is 17.7. The van der Waals surface area contributed by atoms with Gasteiger partial charge in [0, 0.05) is 29.6 Å². The highest BCUT2D eigenvalue weighted by molar-refractivity contribution is 6.31. The summed E-state index contributed by atoms with van der Waals surface area (Å²) in [6, 6.07) is 11.1. The van der Waals surface area contributed by atoms with Crippen LogP contribution in [0.4, 0.5) is 4.39 Å². The fourth-order valence-electron chi connectivity index (χ4n) is 3.84. The lowest BCUT2D eigenvalue weighted by molar-refractivity contribution is 0.0937. The molecule has 1 fully saturated rings. The van der Waals surface area contributed by atoms with Crippen LogP contribution in [0.3, 0.4) is 0 Å². The SMILES string of the molecule is Cc1nc(COc2ccc(C(=O)NCC(c3c(F)cccc3Cl)N3CCCC3)cc2)no1. The van der Waals surface area contributed by atoms with Gasteiger partial charge in [0.15, 0.2) is 6.61 Å². The van der Waals surface area contributed by atoms with Crippen LogP contribution in [0.2, 0.25) is 5.02 Å². The summed E-state index contributed by atoms with van der Waals surface area (Å²) in [5, 5.41) is 7.07. The minimum atomic E-state index is -0.359. The van der Waals surface area contributed by atoms with E-state index in [0.717, 1.165) is 25.9 Å². The zero-order chi connectivity index (χ0) is 22.5. The molecule has 4 rings (SSSR count). The number of hydrogen-bond donors (Lipinski definition) is 1. The van der Waals surface area contributed by atoms with E-state index >= 15 is 0 Å². The van der Waals surface area contributed by atoms with Crippen LogP contribution < -0.4 is 10.1 Å². The third kappa shape index (κ3) is 5.26. The van der Waals surface area contributed by atoms with Gasteiger partial charge in [-0.15, -0.1) is 0 Å². The van der Waals surface area contributed by atoms with Gasteiger partial charge in [-0.3, -0.25) is 9.69 Å². The summed E-state index contributed by atoms with van der Waals surface area (Å²) < 4.78 is 25.1. The van der Waals surface area contributed by atoms with Gasteiger partial charge in [0.05, 0.1) is 6.04 Å². The third-order valence-electron chi connectivity index (χ3n) is 5.42. The lowest BCUT2D eigenvalue weighted by Gasteiger charge is -2.29. The molecule has 0 saturated carbocycles. The van der Waals surface area contributed by atoms with Crippen molar-refractivity contribution < 1.29 is 18.4 Å². The average Bonchev–Trinajstić information content (AvgIpc) is 3.46. The Balaban J connectivity index is 1.39. The molecule has 1 atom stereocenters. The van der Waals surface area contributed by atoms with E-state index < -0.39 is 0 Å². The highest BCUT2D eigenvalue weighted by atomic mass is 35.5. The molecule has 1 amide bonds. The molecule has 168 valence electrons. The number of carbonyl (C=O) groups excluding carboxylic acids is 1. The smallest absolute Gasteiger partial charge is 0.251 e. The second-order valence-electron chi connectivity index (χ2n) is 7.65. The summed E-state index contributed by atoms with van der Waals surface area (Å²) >= 11 is 6.32. The topological polar surface area (TPSA) is 80.5 Å². The van der Waals surface area contributed by atoms with Crippen molar-refractivity contribution in [1.29, 1.82) is 0 Å². The molecule has 1 aliphatic heterocycles. The van der Waals surface area contributed by atoms with Crippen molar-refractivity contribution in [1.82, 2.24) is 20.4 Å². The Morgan fingerprint density at radius 3 is 2.66 bits per heavy atom. The number of nitrogens with zero attached hydrogens (tertiary/aromatic N) is 3. The van der Waals surface area contributed by atoms with Crippen molar-refractivity contribution in [3.05, 3.63) is 76.1 Å².